The van der Waals surface area contributed by atoms with Crippen molar-refractivity contribution in [1.29, 1.82) is 0 Å². The zero-order chi connectivity index (χ0) is 17.4. The molecule has 1 aromatic heterocycles. The first-order chi connectivity index (χ1) is 11.4. The van der Waals surface area contributed by atoms with Gasteiger partial charge in [0.1, 0.15) is 22.9 Å². The number of rotatable bonds is 3. The first kappa shape index (κ1) is 15.7. The first-order valence-corrected chi connectivity index (χ1v) is 6.85. The van der Waals surface area contributed by atoms with Crippen molar-refractivity contribution in [2.24, 2.45) is 0 Å². The molecule has 0 bridgehead atoms. The average molecular weight is 331 g/mol. The number of hydrogen-bond acceptors (Lipinski definition) is 3. The summed E-state index contributed by atoms with van der Waals surface area (Å²) in [6.45, 7) is 0. The van der Waals surface area contributed by atoms with E-state index < -0.39 is 28.6 Å². The van der Waals surface area contributed by atoms with Gasteiger partial charge in [-0.25, -0.2) is 13.6 Å². The topological polar surface area (TPSA) is 79.4 Å². The summed E-state index contributed by atoms with van der Waals surface area (Å²) < 4.78 is 32.6. The van der Waals surface area contributed by atoms with Gasteiger partial charge in [-0.2, -0.15) is 0 Å². The van der Waals surface area contributed by atoms with Crippen molar-refractivity contribution in [3.8, 4) is 17.0 Å². The van der Waals surface area contributed by atoms with Crippen LogP contribution >= 0.6 is 0 Å². The molecule has 0 unspecified atom stereocenters. The number of halogens is 2. The molecule has 0 spiro atoms. The summed E-state index contributed by atoms with van der Waals surface area (Å²) in [5.41, 5.74) is -1.84. The van der Waals surface area contributed by atoms with E-state index in [4.69, 9.17) is 4.74 Å². The van der Waals surface area contributed by atoms with Crippen LogP contribution in [0.3, 0.4) is 0 Å². The van der Waals surface area contributed by atoms with Crippen molar-refractivity contribution >= 4 is 16.9 Å². The van der Waals surface area contributed by atoms with Crippen molar-refractivity contribution in [1.82, 2.24) is 4.98 Å². The van der Waals surface area contributed by atoms with Crippen LogP contribution in [0.15, 0.2) is 41.2 Å². The maximum absolute atomic E-state index is 14.1. The largest absolute Gasteiger partial charge is 0.497 e. The molecule has 122 valence electrons. The molecular formula is C17H11F2NO4. The summed E-state index contributed by atoms with van der Waals surface area (Å²) >= 11 is 0. The van der Waals surface area contributed by atoms with Crippen molar-refractivity contribution < 1.29 is 23.4 Å². The number of aromatic carboxylic acids is 1. The second-order valence-electron chi connectivity index (χ2n) is 5.04. The number of ether oxygens (including phenoxy) is 1. The van der Waals surface area contributed by atoms with Gasteiger partial charge in [-0.05, 0) is 30.3 Å². The summed E-state index contributed by atoms with van der Waals surface area (Å²) in [4.78, 5) is 26.7. The van der Waals surface area contributed by atoms with Crippen LogP contribution in [-0.2, 0) is 0 Å². The Morgan fingerprint density at radius 1 is 1.17 bits per heavy atom. The third-order valence-corrected chi connectivity index (χ3v) is 3.62. The van der Waals surface area contributed by atoms with E-state index in [1.807, 2.05) is 0 Å². The maximum atomic E-state index is 14.1. The van der Waals surface area contributed by atoms with E-state index in [1.54, 1.807) is 0 Å². The molecule has 0 atom stereocenters. The van der Waals surface area contributed by atoms with Crippen LogP contribution in [0, 0.1) is 11.6 Å². The predicted octanol–water partition coefficient (Wildman–Crippen LogP) is 3.18. The Morgan fingerprint density at radius 2 is 1.92 bits per heavy atom. The molecule has 0 aliphatic rings. The molecule has 0 fully saturated rings. The number of carboxylic acid groups (broad SMARTS) is 1. The number of H-pyrrole nitrogens is 1. The maximum Gasteiger partial charge on any atom is 0.341 e. The van der Waals surface area contributed by atoms with E-state index in [0.29, 0.717) is 5.75 Å². The Kier molecular flexibility index (Phi) is 3.76. The van der Waals surface area contributed by atoms with E-state index in [0.717, 1.165) is 18.2 Å². The van der Waals surface area contributed by atoms with E-state index in [1.165, 1.54) is 25.3 Å². The highest BCUT2D eigenvalue weighted by atomic mass is 19.1. The second kappa shape index (κ2) is 5.77. The zero-order valence-corrected chi connectivity index (χ0v) is 12.4. The molecule has 0 amide bonds. The fourth-order valence-electron chi connectivity index (χ4n) is 2.49. The molecule has 0 aliphatic carbocycles. The minimum atomic E-state index is -1.53. The Hall–Kier alpha value is -3.22. The number of fused-ring (bicyclic) bond motifs is 1. The standard InChI is InChI=1S/C17H11F2NO4/c1-24-9-3-4-10-13(7-9)20-15(14(16(10)21)17(22)23)11-6-8(18)2-5-12(11)19/h2-7H,1H3,(H,20,21)(H,22,23). The third kappa shape index (κ3) is 2.50. The molecule has 0 aliphatic heterocycles. The van der Waals surface area contributed by atoms with E-state index in [9.17, 15) is 23.5 Å². The SMILES string of the molecule is COc1ccc2c(=O)c(C(=O)O)c(-c3cc(F)ccc3F)[nH]c2c1. The van der Waals surface area contributed by atoms with Crippen molar-refractivity contribution in [3.63, 3.8) is 0 Å². The molecule has 0 radical (unpaired) electrons. The smallest absolute Gasteiger partial charge is 0.341 e. The van der Waals surface area contributed by atoms with Crippen LogP contribution in [0.1, 0.15) is 10.4 Å². The number of benzene rings is 2. The van der Waals surface area contributed by atoms with Gasteiger partial charge in [-0.1, -0.05) is 0 Å². The molecule has 5 nitrogen and oxygen atoms in total. The van der Waals surface area contributed by atoms with Crippen molar-refractivity contribution in [2.45, 2.75) is 0 Å². The Balaban J connectivity index is 2.45. The summed E-state index contributed by atoms with van der Waals surface area (Å²) in [7, 11) is 1.43. The van der Waals surface area contributed by atoms with Crippen LogP contribution < -0.4 is 10.2 Å². The lowest BCUT2D eigenvalue weighted by Crippen LogP contribution is -2.18. The van der Waals surface area contributed by atoms with Crippen LogP contribution in [-0.4, -0.2) is 23.2 Å². The van der Waals surface area contributed by atoms with E-state index >= 15 is 0 Å². The normalized spacial score (nSPS) is 10.8. The third-order valence-electron chi connectivity index (χ3n) is 3.62. The lowest BCUT2D eigenvalue weighted by molar-refractivity contribution is 0.0696. The molecule has 24 heavy (non-hydrogen) atoms. The Morgan fingerprint density at radius 3 is 2.58 bits per heavy atom. The highest BCUT2D eigenvalue weighted by Gasteiger charge is 2.22. The lowest BCUT2D eigenvalue weighted by atomic mass is 10.0. The van der Waals surface area contributed by atoms with Gasteiger partial charge in [0.05, 0.1) is 18.3 Å². The van der Waals surface area contributed by atoms with Gasteiger partial charge in [0.15, 0.2) is 0 Å². The van der Waals surface area contributed by atoms with Crippen LogP contribution in [0.5, 0.6) is 5.75 Å². The number of methoxy groups -OCH3 is 1. The highest BCUT2D eigenvalue weighted by molar-refractivity contribution is 5.99. The summed E-state index contributed by atoms with van der Waals surface area (Å²) in [6.07, 6.45) is 0. The summed E-state index contributed by atoms with van der Waals surface area (Å²) in [6, 6.07) is 6.99. The van der Waals surface area contributed by atoms with Crippen LogP contribution in [0.4, 0.5) is 8.78 Å². The number of nitrogens with one attached hydrogen (secondary N) is 1. The highest BCUT2D eigenvalue weighted by Crippen LogP contribution is 2.27. The average Bonchev–Trinajstić information content (AvgIpc) is 2.55. The number of carbonyl (C=O) groups is 1. The Bertz CT molecular complexity index is 1030. The van der Waals surface area contributed by atoms with E-state index in [2.05, 4.69) is 4.98 Å². The molecule has 0 saturated heterocycles. The summed E-state index contributed by atoms with van der Waals surface area (Å²) in [5, 5.41) is 9.47. The van der Waals surface area contributed by atoms with Gasteiger partial charge in [0.25, 0.3) is 0 Å². The van der Waals surface area contributed by atoms with E-state index in [-0.39, 0.29) is 22.2 Å². The molecule has 2 N–H and O–H groups in total. The zero-order valence-electron chi connectivity index (χ0n) is 12.4. The molecule has 2 aromatic carbocycles. The fourth-order valence-corrected chi connectivity index (χ4v) is 2.49. The first-order valence-electron chi connectivity index (χ1n) is 6.85. The van der Waals surface area contributed by atoms with Crippen LogP contribution in [0.25, 0.3) is 22.2 Å². The Labute approximate surface area is 134 Å². The van der Waals surface area contributed by atoms with Gasteiger partial charge in [-0.3, -0.25) is 4.79 Å². The monoisotopic (exact) mass is 331 g/mol. The predicted molar refractivity (Wildman–Crippen MR) is 83.4 cm³/mol. The minimum absolute atomic E-state index is 0.105. The lowest BCUT2D eigenvalue weighted by Gasteiger charge is -2.11. The number of aromatic amines is 1. The molecular weight excluding hydrogens is 320 g/mol. The molecule has 3 rings (SSSR count). The van der Waals surface area contributed by atoms with Crippen molar-refractivity contribution in [3.05, 3.63) is 63.8 Å². The molecule has 7 heteroatoms. The minimum Gasteiger partial charge on any atom is -0.497 e. The van der Waals surface area contributed by atoms with Gasteiger partial charge in [0.2, 0.25) is 5.43 Å². The quantitative estimate of drug-likeness (QED) is 0.772. The van der Waals surface area contributed by atoms with Gasteiger partial charge in [-0.15, -0.1) is 0 Å². The molecule has 1 heterocycles. The van der Waals surface area contributed by atoms with Crippen molar-refractivity contribution in [2.75, 3.05) is 7.11 Å². The molecule has 3 aromatic rings. The van der Waals surface area contributed by atoms with Gasteiger partial charge in [0, 0.05) is 17.0 Å². The number of hydrogen-bond donors (Lipinski definition) is 2. The number of pyridine rings is 1. The fraction of sp³-hybridized carbons (Fsp3) is 0.0588. The number of aromatic nitrogens is 1. The number of carboxylic acids is 1. The van der Waals surface area contributed by atoms with Gasteiger partial charge < -0.3 is 14.8 Å². The van der Waals surface area contributed by atoms with Gasteiger partial charge >= 0.3 is 5.97 Å². The molecule has 0 saturated carbocycles. The summed E-state index contributed by atoms with van der Waals surface area (Å²) in [5.74, 6) is -2.72. The van der Waals surface area contributed by atoms with Crippen LogP contribution in [0.2, 0.25) is 0 Å². The second-order valence-corrected chi connectivity index (χ2v) is 5.04.